The van der Waals surface area contributed by atoms with Crippen LogP contribution in [0.1, 0.15) is 36.7 Å². The van der Waals surface area contributed by atoms with Crippen molar-refractivity contribution in [2.75, 3.05) is 18.0 Å². The van der Waals surface area contributed by atoms with Crippen LogP contribution in [0.5, 0.6) is 0 Å². The Morgan fingerprint density at radius 2 is 1.80 bits per heavy atom. The zero-order valence-electron chi connectivity index (χ0n) is 15.3. The van der Waals surface area contributed by atoms with Crippen molar-refractivity contribution < 1.29 is 4.79 Å². The molecule has 3 rings (SSSR count). The highest BCUT2D eigenvalue weighted by Gasteiger charge is 2.29. The van der Waals surface area contributed by atoms with Gasteiger partial charge in [0.1, 0.15) is 0 Å². The third-order valence-electron chi connectivity index (χ3n) is 4.71. The second kappa shape index (κ2) is 7.64. The average molecular weight is 338 g/mol. The number of amides is 1. The second-order valence-corrected chi connectivity index (χ2v) is 6.72. The van der Waals surface area contributed by atoms with E-state index < -0.39 is 0 Å². The summed E-state index contributed by atoms with van der Waals surface area (Å²) in [5.74, 6) is 0.952. The normalized spacial score (nSPS) is 18.4. The van der Waals surface area contributed by atoms with Crippen molar-refractivity contribution in [3.8, 4) is 0 Å². The lowest BCUT2D eigenvalue weighted by molar-refractivity contribution is -0.133. The number of aromatic nitrogens is 2. The summed E-state index contributed by atoms with van der Waals surface area (Å²) in [6, 6.07) is 12.4. The van der Waals surface area contributed by atoms with Crippen molar-refractivity contribution in [3.63, 3.8) is 0 Å². The topological polar surface area (TPSA) is 49.3 Å². The SMILES string of the molecule is CCC1CN(c2nc(C)cc(C)n2)CCC(=O)N1Cc1ccccc1. The quantitative estimate of drug-likeness (QED) is 0.859. The standard InChI is InChI=1S/C20H26N4O/c1-4-18-14-23(20-21-15(2)12-16(3)22-20)11-10-19(25)24(18)13-17-8-6-5-7-9-17/h5-9,12,18H,4,10-11,13-14H2,1-3H3. The molecule has 1 aromatic heterocycles. The van der Waals surface area contributed by atoms with Gasteiger partial charge in [0.25, 0.3) is 0 Å². The maximum Gasteiger partial charge on any atom is 0.225 e. The first-order valence-corrected chi connectivity index (χ1v) is 8.97. The average Bonchev–Trinajstić information content (AvgIpc) is 2.75. The largest absolute Gasteiger partial charge is 0.338 e. The lowest BCUT2D eigenvalue weighted by atomic mass is 10.1. The summed E-state index contributed by atoms with van der Waals surface area (Å²) in [7, 11) is 0. The molecule has 1 saturated heterocycles. The van der Waals surface area contributed by atoms with E-state index in [0.29, 0.717) is 19.5 Å². The summed E-state index contributed by atoms with van der Waals surface area (Å²) in [6.45, 7) is 8.23. The van der Waals surface area contributed by atoms with Gasteiger partial charge >= 0.3 is 0 Å². The summed E-state index contributed by atoms with van der Waals surface area (Å²) < 4.78 is 0. The molecule has 1 aromatic carbocycles. The number of carbonyl (C=O) groups is 1. The third-order valence-corrected chi connectivity index (χ3v) is 4.71. The molecule has 1 unspecified atom stereocenters. The van der Waals surface area contributed by atoms with Gasteiger partial charge in [-0.1, -0.05) is 37.3 Å². The lowest BCUT2D eigenvalue weighted by Crippen LogP contribution is -2.42. The highest BCUT2D eigenvalue weighted by Crippen LogP contribution is 2.21. The van der Waals surface area contributed by atoms with E-state index in [-0.39, 0.29) is 11.9 Å². The van der Waals surface area contributed by atoms with Gasteiger partial charge < -0.3 is 9.80 Å². The number of nitrogens with zero attached hydrogens (tertiary/aromatic N) is 4. The van der Waals surface area contributed by atoms with Crippen LogP contribution in [0.4, 0.5) is 5.95 Å². The molecule has 0 aliphatic carbocycles. The van der Waals surface area contributed by atoms with Crippen LogP contribution in [0.3, 0.4) is 0 Å². The molecule has 0 N–H and O–H groups in total. The van der Waals surface area contributed by atoms with Gasteiger partial charge in [0.15, 0.2) is 0 Å². The van der Waals surface area contributed by atoms with Gasteiger partial charge in [-0.15, -0.1) is 0 Å². The molecule has 5 heteroatoms. The Kier molecular flexibility index (Phi) is 5.31. The Balaban J connectivity index is 1.83. The van der Waals surface area contributed by atoms with Crippen LogP contribution < -0.4 is 4.90 Å². The molecule has 1 atom stereocenters. The summed E-state index contributed by atoms with van der Waals surface area (Å²) >= 11 is 0. The fraction of sp³-hybridized carbons (Fsp3) is 0.450. The van der Waals surface area contributed by atoms with Crippen LogP contribution in [0.25, 0.3) is 0 Å². The molecule has 1 amide bonds. The molecule has 5 nitrogen and oxygen atoms in total. The molecule has 25 heavy (non-hydrogen) atoms. The molecule has 0 radical (unpaired) electrons. The molecule has 2 heterocycles. The lowest BCUT2D eigenvalue weighted by Gasteiger charge is -2.31. The third kappa shape index (κ3) is 4.16. The van der Waals surface area contributed by atoms with Crippen LogP contribution >= 0.6 is 0 Å². The molecule has 0 saturated carbocycles. The van der Waals surface area contributed by atoms with Gasteiger partial charge in [-0.2, -0.15) is 0 Å². The number of benzene rings is 1. The van der Waals surface area contributed by atoms with Crippen molar-refractivity contribution in [1.82, 2.24) is 14.9 Å². The Hall–Kier alpha value is -2.43. The molecule has 0 spiro atoms. The first-order valence-electron chi connectivity index (χ1n) is 8.97. The first-order chi connectivity index (χ1) is 12.1. The number of hydrogen-bond acceptors (Lipinski definition) is 4. The molecule has 132 valence electrons. The number of aryl methyl sites for hydroxylation is 2. The Bertz CT molecular complexity index is 711. The van der Waals surface area contributed by atoms with E-state index in [4.69, 9.17) is 0 Å². The maximum absolute atomic E-state index is 12.8. The van der Waals surface area contributed by atoms with Gasteiger partial charge in [-0.05, 0) is 31.9 Å². The molecule has 1 aliphatic rings. The van der Waals surface area contributed by atoms with Gasteiger partial charge in [0.05, 0.1) is 0 Å². The van der Waals surface area contributed by atoms with Gasteiger partial charge in [0, 0.05) is 43.5 Å². The van der Waals surface area contributed by atoms with Crippen LogP contribution in [0, 0.1) is 13.8 Å². The van der Waals surface area contributed by atoms with E-state index in [1.165, 1.54) is 5.56 Å². The monoisotopic (exact) mass is 338 g/mol. The van der Waals surface area contributed by atoms with Crippen molar-refractivity contribution >= 4 is 11.9 Å². The predicted molar refractivity (Wildman–Crippen MR) is 99.4 cm³/mol. The van der Waals surface area contributed by atoms with E-state index in [9.17, 15) is 4.79 Å². The van der Waals surface area contributed by atoms with E-state index >= 15 is 0 Å². The molecular weight excluding hydrogens is 312 g/mol. The Labute approximate surface area is 149 Å². The van der Waals surface area contributed by atoms with Crippen molar-refractivity contribution in [1.29, 1.82) is 0 Å². The van der Waals surface area contributed by atoms with Gasteiger partial charge in [0.2, 0.25) is 11.9 Å². The molecule has 1 aliphatic heterocycles. The fourth-order valence-electron chi connectivity index (χ4n) is 3.40. The number of rotatable bonds is 4. The molecule has 2 aromatic rings. The number of anilines is 1. The second-order valence-electron chi connectivity index (χ2n) is 6.72. The summed E-state index contributed by atoms with van der Waals surface area (Å²) in [4.78, 5) is 26.1. The zero-order chi connectivity index (χ0) is 17.8. The van der Waals surface area contributed by atoms with Crippen LogP contribution in [0.15, 0.2) is 36.4 Å². The van der Waals surface area contributed by atoms with Crippen LogP contribution in [-0.4, -0.2) is 39.9 Å². The highest BCUT2D eigenvalue weighted by molar-refractivity contribution is 5.77. The minimum Gasteiger partial charge on any atom is -0.338 e. The minimum absolute atomic E-state index is 0.166. The molecule has 1 fully saturated rings. The van der Waals surface area contributed by atoms with Gasteiger partial charge in [-0.3, -0.25) is 4.79 Å². The van der Waals surface area contributed by atoms with E-state index in [1.807, 2.05) is 43.0 Å². The molecular formula is C20H26N4O. The summed E-state index contributed by atoms with van der Waals surface area (Å²) in [5, 5.41) is 0. The summed E-state index contributed by atoms with van der Waals surface area (Å²) in [5.41, 5.74) is 3.10. The number of carbonyl (C=O) groups excluding carboxylic acids is 1. The number of hydrogen-bond donors (Lipinski definition) is 0. The molecule has 0 bridgehead atoms. The Morgan fingerprint density at radius 1 is 1.12 bits per heavy atom. The maximum atomic E-state index is 12.8. The highest BCUT2D eigenvalue weighted by atomic mass is 16.2. The van der Waals surface area contributed by atoms with Gasteiger partial charge in [-0.25, -0.2) is 9.97 Å². The smallest absolute Gasteiger partial charge is 0.225 e. The van der Waals surface area contributed by atoms with Crippen LogP contribution in [-0.2, 0) is 11.3 Å². The van der Waals surface area contributed by atoms with E-state index in [2.05, 4.69) is 33.9 Å². The van der Waals surface area contributed by atoms with Crippen LogP contribution in [0.2, 0.25) is 0 Å². The van der Waals surface area contributed by atoms with E-state index in [0.717, 1.165) is 30.3 Å². The predicted octanol–water partition coefficient (Wildman–Crippen LogP) is 3.11. The zero-order valence-corrected chi connectivity index (χ0v) is 15.3. The fourth-order valence-corrected chi connectivity index (χ4v) is 3.40. The van der Waals surface area contributed by atoms with E-state index in [1.54, 1.807) is 0 Å². The minimum atomic E-state index is 0.166. The first kappa shape index (κ1) is 17.4. The summed E-state index contributed by atoms with van der Waals surface area (Å²) in [6.07, 6.45) is 1.42. The van der Waals surface area contributed by atoms with Crippen molar-refractivity contribution in [3.05, 3.63) is 53.3 Å². The van der Waals surface area contributed by atoms with Crippen molar-refractivity contribution in [2.24, 2.45) is 0 Å². The Morgan fingerprint density at radius 3 is 2.44 bits per heavy atom. The van der Waals surface area contributed by atoms with Crippen molar-refractivity contribution in [2.45, 2.75) is 46.2 Å².